The third-order valence-corrected chi connectivity index (χ3v) is 5.72. The lowest BCUT2D eigenvalue weighted by atomic mass is 10.1. The molecule has 5 heteroatoms. The molecule has 0 heterocycles. The van der Waals surface area contributed by atoms with Gasteiger partial charge in [-0.25, -0.2) is 8.42 Å². The summed E-state index contributed by atoms with van der Waals surface area (Å²) in [6, 6.07) is 7.21. The minimum atomic E-state index is -3.16. The van der Waals surface area contributed by atoms with Crippen LogP contribution in [0.25, 0.3) is 0 Å². The van der Waals surface area contributed by atoms with Gasteiger partial charge in [-0.1, -0.05) is 19.1 Å². The van der Waals surface area contributed by atoms with Crippen molar-refractivity contribution in [3.63, 3.8) is 0 Å². The summed E-state index contributed by atoms with van der Waals surface area (Å²) in [7, 11) is -1.59. The van der Waals surface area contributed by atoms with E-state index in [-0.39, 0.29) is 11.7 Å². The molecule has 0 N–H and O–H groups in total. The van der Waals surface area contributed by atoms with Gasteiger partial charge >= 0.3 is 0 Å². The lowest BCUT2D eigenvalue weighted by Gasteiger charge is -2.03. The van der Waals surface area contributed by atoms with E-state index < -0.39 is 21.0 Å². The fraction of sp³-hybridized carbons (Fsp3) is 0.462. The first-order valence-corrected chi connectivity index (χ1v) is 7.57. The van der Waals surface area contributed by atoms with Gasteiger partial charge in [-0.05, 0) is 17.7 Å². The summed E-state index contributed by atoms with van der Waals surface area (Å²) >= 11 is 0. The number of hydrogen-bond acceptors (Lipinski definition) is 4. The quantitative estimate of drug-likeness (QED) is 0.758. The summed E-state index contributed by atoms with van der Waals surface area (Å²) in [5.41, 5.74) is 0.884. The van der Waals surface area contributed by atoms with Crippen LogP contribution in [0.3, 0.4) is 0 Å². The van der Waals surface area contributed by atoms with E-state index in [0.717, 1.165) is 17.6 Å². The second-order valence-corrected chi connectivity index (χ2v) is 6.88. The van der Waals surface area contributed by atoms with Gasteiger partial charge in [-0.3, -0.25) is 0 Å². The Morgan fingerprint density at radius 1 is 1.28 bits per heavy atom. The minimum absolute atomic E-state index is 0.0780. The smallest absolute Gasteiger partial charge is 0.154 e. The standard InChI is InChI=1S/C13H16O4S/c1-3-18(15,16)13-11(8-14)12(13)9-4-6-10(17-2)7-5-9/h4-8,11-13H,3H2,1-2H3/t11-,12+,13-/m1/s1. The fourth-order valence-corrected chi connectivity index (χ4v) is 4.15. The molecule has 0 bridgehead atoms. The van der Waals surface area contributed by atoms with Gasteiger partial charge in [0.2, 0.25) is 0 Å². The molecule has 1 aromatic rings. The first-order chi connectivity index (χ1) is 8.55. The van der Waals surface area contributed by atoms with Gasteiger partial charge in [-0.15, -0.1) is 0 Å². The van der Waals surface area contributed by atoms with E-state index in [1.807, 2.05) is 12.1 Å². The van der Waals surface area contributed by atoms with E-state index in [9.17, 15) is 13.2 Å². The van der Waals surface area contributed by atoms with Crippen molar-refractivity contribution in [2.24, 2.45) is 5.92 Å². The molecule has 0 unspecified atom stereocenters. The Balaban J connectivity index is 2.26. The van der Waals surface area contributed by atoms with Crippen LogP contribution in [-0.2, 0) is 14.6 Å². The van der Waals surface area contributed by atoms with Crippen LogP contribution in [0, 0.1) is 5.92 Å². The van der Waals surface area contributed by atoms with Crippen LogP contribution in [0.5, 0.6) is 5.75 Å². The molecule has 0 saturated heterocycles. The molecular weight excluding hydrogens is 252 g/mol. The molecule has 0 amide bonds. The van der Waals surface area contributed by atoms with Gasteiger partial charge in [0, 0.05) is 17.6 Å². The summed E-state index contributed by atoms with van der Waals surface area (Å²) < 4.78 is 28.8. The van der Waals surface area contributed by atoms with Crippen molar-refractivity contribution >= 4 is 16.1 Å². The number of methoxy groups -OCH3 is 1. The van der Waals surface area contributed by atoms with E-state index in [1.165, 1.54) is 0 Å². The zero-order chi connectivity index (χ0) is 13.3. The highest BCUT2D eigenvalue weighted by Gasteiger charge is 2.57. The highest BCUT2D eigenvalue weighted by molar-refractivity contribution is 7.92. The Bertz CT molecular complexity index is 533. The molecule has 1 aliphatic rings. The number of sulfone groups is 1. The van der Waals surface area contributed by atoms with Crippen molar-refractivity contribution in [2.75, 3.05) is 12.9 Å². The molecule has 0 radical (unpaired) electrons. The zero-order valence-electron chi connectivity index (χ0n) is 10.4. The van der Waals surface area contributed by atoms with Gasteiger partial charge in [0.1, 0.15) is 12.0 Å². The number of ether oxygens (including phenoxy) is 1. The number of rotatable bonds is 5. The Morgan fingerprint density at radius 3 is 2.33 bits per heavy atom. The summed E-state index contributed by atoms with van der Waals surface area (Å²) in [4.78, 5) is 11.0. The van der Waals surface area contributed by atoms with Crippen LogP contribution < -0.4 is 4.74 Å². The van der Waals surface area contributed by atoms with Crippen LogP contribution in [0.15, 0.2) is 24.3 Å². The Kier molecular flexibility index (Phi) is 3.43. The van der Waals surface area contributed by atoms with Gasteiger partial charge in [-0.2, -0.15) is 0 Å². The van der Waals surface area contributed by atoms with E-state index >= 15 is 0 Å². The first kappa shape index (κ1) is 13.1. The maximum Gasteiger partial charge on any atom is 0.154 e. The number of hydrogen-bond donors (Lipinski definition) is 0. The van der Waals surface area contributed by atoms with Gasteiger partial charge in [0.25, 0.3) is 0 Å². The largest absolute Gasteiger partial charge is 0.497 e. The van der Waals surface area contributed by atoms with Crippen molar-refractivity contribution in [2.45, 2.75) is 18.1 Å². The predicted molar refractivity (Wildman–Crippen MR) is 68.5 cm³/mol. The minimum Gasteiger partial charge on any atom is -0.497 e. The van der Waals surface area contributed by atoms with Crippen molar-refractivity contribution in [3.05, 3.63) is 29.8 Å². The van der Waals surface area contributed by atoms with Crippen LogP contribution in [-0.4, -0.2) is 32.8 Å². The predicted octanol–water partition coefficient (Wildman–Crippen LogP) is 1.41. The summed E-state index contributed by atoms with van der Waals surface area (Å²) in [5, 5.41) is -0.548. The van der Waals surface area contributed by atoms with E-state index in [4.69, 9.17) is 4.74 Å². The third kappa shape index (κ3) is 2.14. The molecular formula is C13H16O4S. The van der Waals surface area contributed by atoms with Crippen molar-refractivity contribution < 1.29 is 17.9 Å². The number of benzene rings is 1. The molecule has 4 nitrogen and oxygen atoms in total. The van der Waals surface area contributed by atoms with E-state index in [0.29, 0.717) is 0 Å². The third-order valence-electron chi connectivity index (χ3n) is 3.48. The Morgan fingerprint density at radius 2 is 1.89 bits per heavy atom. The highest BCUT2D eigenvalue weighted by Crippen LogP contribution is 2.51. The summed E-state index contributed by atoms with van der Waals surface area (Å²) in [6.45, 7) is 1.61. The lowest BCUT2D eigenvalue weighted by molar-refractivity contribution is -0.108. The first-order valence-electron chi connectivity index (χ1n) is 5.86. The number of aldehydes is 1. The number of carbonyl (C=O) groups is 1. The van der Waals surface area contributed by atoms with Crippen LogP contribution in [0.4, 0.5) is 0 Å². The monoisotopic (exact) mass is 268 g/mol. The molecule has 18 heavy (non-hydrogen) atoms. The van der Waals surface area contributed by atoms with Crippen molar-refractivity contribution in [1.82, 2.24) is 0 Å². The molecule has 0 aliphatic heterocycles. The fourth-order valence-electron chi connectivity index (χ4n) is 2.36. The zero-order valence-corrected chi connectivity index (χ0v) is 11.2. The summed E-state index contributed by atoms with van der Waals surface area (Å²) in [6.07, 6.45) is 0.757. The maximum absolute atomic E-state index is 11.9. The normalized spacial score (nSPS) is 26.7. The van der Waals surface area contributed by atoms with Gasteiger partial charge < -0.3 is 9.53 Å². The second-order valence-electron chi connectivity index (χ2n) is 4.43. The SMILES string of the molecule is CCS(=O)(=O)[C@@H]1[C@H](C=O)[C@@H]1c1ccc(OC)cc1. The molecule has 1 aromatic carbocycles. The van der Waals surface area contributed by atoms with E-state index in [1.54, 1.807) is 26.2 Å². The average molecular weight is 268 g/mol. The molecule has 98 valence electrons. The van der Waals surface area contributed by atoms with E-state index in [2.05, 4.69) is 0 Å². The second kappa shape index (κ2) is 4.72. The van der Waals surface area contributed by atoms with Crippen LogP contribution in [0.2, 0.25) is 0 Å². The molecule has 3 atom stereocenters. The molecule has 0 spiro atoms. The maximum atomic E-state index is 11.9. The molecule has 1 fully saturated rings. The van der Waals surface area contributed by atoms with Crippen molar-refractivity contribution in [1.29, 1.82) is 0 Å². The van der Waals surface area contributed by atoms with Gasteiger partial charge in [0.15, 0.2) is 9.84 Å². The highest BCUT2D eigenvalue weighted by atomic mass is 32.2. The topological polar surface area (TPSA) is 60.4 Å². The Hall–Kier alpha value is -1.36. The molecule has 1 aliphatic carbocycles. The van der Waals surface area contributed by atoms with Crippen LogP contribution >= 0.6 is 0 Å². The number of carbonyl (C=O) groups excluding carboxylic acids is 1. The average Bonchev–Trinajstić information content (AvgIpc) is 3.14. The summed E-state index contributed by atoms with van der Waals surface area (Å²) in [5.74, 6) is 0.202. The molecule has 2 rings (SSSR count). The van der Waals surface area contributed by atoms with Crippen molar-refractivity contribution in [3.8, 4) is 5.75 Å². The van der Waals surface area contributed by atoms with Crippen LogP contribution in [0.1, 0.15) is 18.4 Å². The molecule has 1 saturated carbocycles. The van der Waals surface area contributed by atoms with Gasteiger partial charge in [0.05, 0.1) is 12.4 Å². The molecule has 0 aromatic heterocycles. The lowest BCUT2D eigenvalue weighted by Crippen LogP contribution is -2.12. The Labute approximate surface area is 107 Å².